The van der Waals surface area contributed by atoms with Crippen molar-refractivity contribution in [1.82, 2.24) is 0 Å². The Morgan fingerprint density at radius 1 is 0.964 bits per heavy atom. The van der Waals surface area contributed by atoms with E-state index >= 15 is 0 Å². The minimum atomic E-state index is -1.31. The highest BCUT2D eigenvalue weighted by molar-refractivity contribution is 5.20. The van der Waals surface area contributed by atoms with Crippen molar-refractivity contribution in [2.45, 2.75) is 209 Å². The largest absolute Gasteiger partial charge is 0.393 e. The maximum absolute atomic E-state index is 11.5. The average Bonchev–Trinajstić information content (AvgIpc) is 3.56. The SMILES string of the molecule is C=C1[C@@H](O)[C@@H]2O[C@]3(CC[C@H](/C=C/[C@@H](C)[C@@H]4CC(C)=C[C@@]5(O[C@H](C[C@@](C)(O)CO)CC[C@H]5O)O4)O3)CC[C@H]2O[C@@H]1[C@@H](O)C[C@H](C)C1O[C@@]2(CCCCO2)CC[C@H]1C. The molecule has 7 aliphatic heterocycles. The van der Waals surface area contributed by atoms with Crippen LogP contribution in [0.3, 0.4) is 0 Å². The lowest BCUT2D eigenvalue weighted by molar-refractivity contribution is -0.321. The molecule has 318 valence electrons. The molecule has 5 N–H and O–H groups in total. The van der Waals surface area contributed by atoms with Gasteiger partial charge in [-0.1, -0.05) is 45.1 Å². The molecule has 12 heteroatoms. The first-order chi connectivity index (χ1) is 26.5. The van der Waals surface area contributed by atoms with Gasteiger partial charge in [-0.25, -0.2) is 0 Å². The number of hydrogen-bond acceptors (Lipinski definition) is 12. The van der Waals surface area contributed by atoms with E-state index in [2.05, 4.69) is 39.5 Å². The lowest BCUT2D eigenvalue weighted by Crippen LogP contribution is -2.60. The maximum atomic E-state index is 11.5. The summed E-state index contributed by atoms with van der Waals surface area (Å²) < 4.78 is 45.4. The molecule has 0 radical (unpaired) electrons. The molecule has 6 fully saturated rings. The van der Waals surface area contributed by atoms with Crippen LogP contribution in [0, 0.1) is 17.8 Å². The quantitative estimate of drug-likeness (QED) is 0.186. The number of hydrogen-bond donors (Lipinski definition) is 5. The van der Waals surface area contributed by atoms with Crippen molar-refractivity contribution in [3.05, 3.63) is 36.0 Å². The predicted molar refractivity (Wildman–Crippen MR) is 207 cm³/mol. The molecule has 0 aromatic heterocycles. The van der Waals surface area contributed by atoms with Crippen molar-refractivity contribution < 1.29 is 58.7 Å². The number of aliphatic hydroxyl groups excluding tert-OH is 4. The summed E-state index contributed by atoms with van der Waals surface area (Å²) in [6, 6.07) is 0. The number of rotatable bonds is 10. The lowest BCUT2D eigenvalue weighted by atomic mass is 9.79. The molecule has 7 rings (SSSR count). The third-order valence-corrected chi connectivity index (χ3v) is 13.9. The van der Waals surface area contributed by atoms with Crippen LogP contribution < -0.4 is 0 Å². The van der Waals surface area contributed by atoms with Gasteiger partial charge < -0.3 is 58.7 Å². The van der Waals surface area contributed by atoms with Crippen molar-refractivity contribution in [3.8, 4) is 0 Å². The molecule has 0 aliphatic carbocycles. The smallest absolute Gasteiger partial charge is 0.215 e. The van der Waals surface area contributed by atoms with Crippen LogP contribution in [0.25, 0.3) is 0 Å². The second-order valence-corrected chi connectivity index (χ2v) is 18.9. The fraction of sp³-hybridized carbons (Fsp3) is 0.864. The second kappa shape index (κ2) is 17.0. The average molecular weight is 791 g/mol. The van der Waals surface area contributed by atoms with Crippen molar-refractivity contribution >= 4 is 0 Å². The first-order valence-electron chi connectivity index (χ1n) is 21.7. The third kappa shape index (κ3) is 9.07. The molecule has 12 nitrogen and oxygen atoms in total. The molecule has 1 unspecified atom stereocenters. The number of ether oxygens (including phenoxy) is 7. The van der Waals surface area contributed by atoms with E-state index in [-0.39, 0.29) is 49.3 Å². The topological polar surface area (TPSA) is 166 Å². The normalized spacial score (nSPS) is 46.1. The Hall–Kier alpha value is -1.26. The van der Waals surface area contributed by atoms with Crippen LogP contribution in [0.5, 0.6) is 0 Å². The Morgan fingerprint density at radius 3 is 2.48 bits per heavy atom. The van der Waals surface area contributed by atoms with Gasteiger partial charge in [-0.2, -0.15) is 0 Å². The molecule has 3 spiro atoms. The Labute approximate surface area is 333 Å². The van der Waals surface area contributed by atoms with Crippen LogP contribution >= 0.6 is 0 Å². The molecule has 17 atom stereocenters. The second-order valence-electron chi connectivity index (χ2n) is 18.9. The molecular weight excluding hydrogens is 720 g/mol. The lowest BCUT2D eigenvalue weighted by Gasteiger charge is -2.50. The summed E-state index contributed by atoms with van der Waals surface area (Å²) in [4.78, 5) is 0. The zero-order chi connectivity index (χ0) is 40.0. The van der Waals surface area contributed by atoms with Gasteiger partial charge in [0.2, 0.25) is 5.79 Å². The maximum Gasteiger partial charge on any atom is 0.215 e. The monoisotopic (exact) mass is 790 g/mol. The van der Waals surface area contributed by atoms with Gasteiger partial charge in [-0.15, -0.1) is 0 Å². The van der Waals surface area contributed by atoms with E-state index in [1.54, 1.807) is 6.92 Å². The van der Waals surface area contributed by atoms with Gasteiger partial charge in [0.1, 0.15) is 24.4 Å². The van der Waals surface area contributed by atoms with E-state index in [4.69, 9.17) is 33.2 Å². The van der Waals surface area contributed by atoms with Crippen LogP contribution in [-0.2, 0) is 33.2 Å². The molecule has 7 aliphatic rings. The summed E-state index contributed by atoms with van der Waals surface area (Å²) in [6.45, 7) is 14.6. The molecule has 6 saturated heterocycles. The van der Waals surface area contributed by atoms with Gasteiger partial charge in [-0.05, 0) is 95.1 Å². The van der Waals surface area contributed by atoms with E-state index in [1.165, 1.54) is 0 Å². The van der Waals surface area contributed by atoms with Crippen LogP contribution in [0.4, 0.5) is 0 Å². The highest BCUT2D eigenvalue weighted by Gasteiger charge is 2.55. The molecule has 0 bridgehead atoms. The van der Waals surface area contributed by atoms with Crippen molar-refractivity contribution in [2.24, 2.45) is 17.8 Å². The van der Waals surface area contributed by atoms with E-state index in [9.17, 15) is 25.5 Å². The third-order valence-electron chi connectivity index (χ3n) is 13.9. The van der Waals surface area contributed by atoms with Gasteiger partial charge in [0.05, 0.1) is 55.4 Å². The molecule has 0 amide bonds. The zero-order valence-electron chi connectivity index (χ0n) is 34.4. The summed E-state index contributed by atoms with van der Waals surface area (Å²) in [5.41, 5.74) is 0.213. The fourth-order valence-corrected chi connectivity index (χ4v) is 10.6. The molecular formula is C44H70O12. The minimum Gasteiger partial charge on any atom is -0.393 e. The first kappa shape index (κ1) is 42.8. The Morgan fingerprint density at radius 2 is 1.73 bits per heavy atom. The molecule has 0 aromatic carbocycles. The first-order valence-corrected chi connectivity index (χ1v) is 21.7. The Kier molecular flexibility index (Phi) is 13.0. The summed E-state index contributed by atoms with van der Waals surface area (Å²) in [6.07, 6.45) is 10.9. The highest BCUT2D eigenvalue weighted by Crippen LogP contribution is 2.47. The summed E-state index contributed by atoms with van der Waals surface area (Å²) in [5.74, 6) is -2.26. The van der Waals surface area contributed by atoms with Gasteiger partial charge >= 0.3 is 0 Å². The van der Waals surface area contributed by atoms with Crippen LogP contribution in [0.2, 0.25) is 0 Å². The van der Waals surface area contributed by atoms with E-state index in [1.807, 2.05) is 13.0 Å². The standard InChI is InChI=1S/C44H70O12/c1-26-21-35(54-44(23-26)36(47)12-11-32(53-44)24-41(6,49)25-45)27(2)9-10-31-14-18-43(52-31)19-15-34-40(56-43)37(48)30(5)39(51-34)33(46)22-29(4)38-28(3)13-17-42(55-38)16-7-8-20-50-42/h9-10,23,27-29,31-40,45-49H,5,7-8,11-22,24-25H2,1-4,6H3/b10-9+/t27-,28-,29+,31+,32+,33+,34-,35+,36-,37-,38?,39+,40-,41-,42+,43-,44-/m1/s1. The summed E-state index contributed by atoms with van der Waals surface area (Å²) >= 11 is 0. The van der Waals surface area contributed by atoms with Gasteiger partial charge in [-0.3, -0.25) is 0 Å². The van der Waals surface area contributed by atoms with E-state index in [0.29, 0.717) is 56.4 Å². The van der Waals surface area contributed by atoms with Crippen molar-refractivity contribution in [1.29, 1.82) is 0 Å². The van der Waals surface area contributed by atoms with E-state index < -0.39 is 59.6 Å². The van der Waals surface area contributed by atoms with Crippen LogP contribution in [0.1, 0.15) is 125 Å². The molecule has 7 heterocycles. The van der Waals surface area contributed by atoms with Gasteiger partial charge in [0.15, 0.2) is 11.6 Å². The Bertz CT molecular complexity index is 1430. The zero-order valence-corrected chi connectivity index (χ0v) is 34.4. The fourth-order valence-electron chi connectivity index (χ4n) is 10.6. The Balaban J connectivity index is 0.919. The predicted octanol–water partition coefficient (Wildman–Crippen LogP) is 5.12. The number of fused-ring (bicyclic) bond motifs is 1. The van der Waals surface area contributed by atoms with Gasteiger partial charge in [0, 0.05) is 38.0 Å². The van der Waals surface area contributed by atoms with Crippen LogP contribution in [-0.4, -0.2) is 123 Å². The molecule has 56 heavy (non-hydrogen) atoms. The molecule has 0 saturated carbocycles. The van der Waals surface area contributed by atoms with Crippen molar-refractivity contribution in [3.63, 3.8) is 0 Å². The molecule has 0 aromatic rings. The summed E-state index contributed by atoms with van der Waals surface area (Å²) in [7, 11) is 0. The summed E-state index contributed by atoms with van der Waals surface area (Å²) in [5, 5.41) is 54.3. The van der Waals surface area contributed by atoms with Crippen LogP contribution in [0.15, 0.2) is 36.0 Å². The van der Waals surface area contributed by atoms with Crippen molar-refractivity contribution in [2.75, 3.05) is 13.2 Å². The highest BCUT2D eigenvalue weighted by atomic mass is 16.7. The van der Waals surface area contributed by atoms with E-state index in [0.717, 1.165) is 50.7 Å². The minimum absolute atomic E-state index is 0.0263. The van der Waals surface area contributed by atoms with Gasteiger partial charge in [0.25, 0.3) is 0 Å². The number of aliphatic hydroxyl groups is 5.